The number of halogens is 1. The maximum absolute atomic E-state index is 13.8. The third-order valence-electron chi connectivity index (χ3n) is 7.14. The van der Waals surface area contributed by atoms with E-state index in [1.807, 2.05) is 22.8 Å². The van der Waals surface area contributed by atoms with Gasteiger partial charge in [0.25, 0.3) is 0 Å². The molecule has 0 atom stereocenters. The lowest BCUT2D eigenvalue weighted by atomic mass is 9.81. The minimum absolute atomic E-state index is 0.0294. The zero-order valence-electron chi connectivity index (χ0n) is 23.5. The Labute approximate surface area is 238 Å². The zero-order valence-corrected chi connectivity index (χ0v) is 24.3. The van der Waals surface area contributed by atoms with Gasteiger partial charge in [-0.05, 0) is 42.0 Å². The third kappa shape index (κ3) is 6.26. The van der Waals surface area contributed by atoms with Crippen molar-refractivity contribution in [2.24, 2.45) is 0 Å². The van der Waals surface area contributed by atoms with E-state index in [1.165, 1.54) is 31.0 Å². The van der Waals surface area contributed by atoms with Crippen molar-refractivity contribution in [3.05, 3.63) is 65.7 Å². The second-order valence-electron chi connectivity index (χ2n) is 9.92. The summed E-state index contributed by atoms with van der Waals surface area (Å²) in [4.78, 5) is 33.3. The number of carbonyl (C=O) groups excluding carboxylic acids is 2. The number of aromatic nitrogens is 2. The molecule has 1 aliphatic rings. The first-order chi connectivity index (χ1) is 19.2. The molecule has 40 heavy (non-hydrogen) atoms. The molecule has 2 amide bonds. The van der Waals surface area contributed by atoms with E-state index in [0.29, 0.717) is 42.8 Å². The number of rotatable bonds is 10. The molecule has 11 heteroatoms. The van der Waals surface area contributed by atoms with Crippen LogP contribution in [0.2, 0.25) is 0 Å². The van der Waals surface area contributed by atoms with E-state index in [0.717, 1.165) is 16.9 Å². The van der Waals surface area contributed by atoms with Gasteiger partial charge in [-0.2, -0.15) is 0 Å². The largest absolute Gasteiger partial charge is 0.493 e. The predicted molar refractivity (Wildman–Crippen MR) is 151 cm³/mol. The summed E-state index contributed by atoms with van der Waals surface area (Å²) in [5, 5.41) is 0.623. The molecule has 0 bridgehead atoms. The van der Waals surface area contributed by atoms with Gasteiger partial charge in [0.15, 0.2) is 16.7 Å². The number of imidazole rings is 1. The quantitative estimate of drug-likeness (QED) is 0.343. The monoisotopic (exact) mass is 570 g/mol. The van der Waals surface area contributed by atoms with Crippen molar-refractivity contribution in [3.8, 4) is 17.2 Å². The number of benzene rings is 2. The van der Waals surface area contributed by atoms with E-state index >= 15 is 0 Å². The average Bonchev–Trinajstić information content (AvgIpc) is 3.41. The number of nitrogens with zero attached hydrogens (tertiary/aromatic N) is 4. The molecular formula is C29H35FN4O5S. The van der Waals surface area contributed by atoms with Crippen molar-refractivity contribution in [1.82, 2.24) is 19.4 Å². The summed E-state index contributed by atoms with van der Waals surface area (Å²) in [5.74, 6) is 0.989. The van der Waals surface area contributed by atoms with Crippen LogP contribution in [0.25, 0.3) is 5.69 Å². The smallest absolute Gasteiger partial charge is 0.248 e. The van der Waals surface area contributed by atoms with Gasteiger partial charge in [-0.15, -0.1) is 0 Å². The van der Waals surface area contributed by atoms with Crippen LogP contribution in [0.4, 0.5) is 4.39 Å². The molecular weight excluding hydrogens is 535 g/mol. The van der Waals surface area contributed by atoms with E-state index < -0.39 is 5.41 Å². The first-order valence-corrected chi connectivity index (χ1v) is 13.9. The number of amides is 2. The summed E-state index contributed by atoms with van der Waals surface area (Å²) in [6.45, 7) is 6.10. The normalized spacial score (nSPS) is 13.8. The van der Waals surface area contributed by atoms with E-state index in [4.69, 9.17) is 19.2 Å². The maximum atomic E-state index is 13.8. The number of piperazine rings is 1. The topological polar surface area (TPSA) is 86.1 Å². The van der Waals surface area contributed by atoms with Gasteiger partial charge in [0.2, 0.25) is 11.8 Å². The van der Waals surface area contributed by atoms with Crippen LogP contribution in [0.1, 0.15) is 25.1 Å². The highest BCUT2D eigenvalue weighted by Crippen LogP contribution is 2.39. The number of hydrogen-bond acceptors (Lipinski definition) is 7. The van der Waals surface area contributed by atoms with E-state index in [9.17, 15) is 14.0 Å². The second kappa shape index (κ2) is 12.7. The molecule has 0 aliphatic carbocycles. The van der Waals surface area contributed by atoms with Gasteiger partial charge in [0.05, 0.1) is 31.9 Å². The number of ether oxygens (including phenoxy) is 3. The van der Waals surface area contributed by atoms with E-state index in [2.05, 4.69) is 13.8 Å². The van der Waals surface area contributed by atoms with Gasteiger partial charge in [-0.3, -0.25) is 14.2 Å². The number of hydrogen-bond donors (Lipinski definition) is 0. The lowest BCUT2D eigenvalue weighted by Gasteiger charge is -2.34. The molecule has 0 saturated carbocycles. The summed E-state index contributed by atoms with van der Waals surface area (Å²) >= 11 is 1.33. The minimum atomic E-state index is -0.533. The van der Waals surface area contributed by atoms with Crippen molar-refractivity contribution in [2.75, 3.05) is 59.9 Å². The van der Waals surface area contributed by atoms with Gasteiger partial charge in [0.1, 0.15) is 12.4 Å². The molecule has 1 saturated heterocycles. The molecule has 2 heterocycles. The number of carbonyl (C=O) groups is 2. The summed E-state index contributed by atoms with van der Waals surface area (Å²) in [6, 6.07) is 12.0. The fourth-order valence-corrected chi connectivity index (χ4v) is 5.62. The Morgan fingerprint density at radius 1 is 0.925 bits per heavy atom. The Morgan fingerprint density at radius 3 is 2.15 bits per heavy atom. The van der Waals surface area contributed by atoms with Crippen molar-refractivity contribution in [3.63, 3.8) is 0 Å². The first kappa shape index (κ1) is 29.4. The van der Waals surface area contributed by atoms with Gasteiger partial charge in [-0.25, -0.2) is 9.37 Å². The zero-order chi connectivity index (χ0) is 28.9. The maximum Gasteiger partial charge on any atom is 0.248 e. The standard InChI is InChI=1S/C29H35FN4O5S/c1-29(2,20-6-11-23(38-4)24(16-20)39-5)25-17-31-28(34(25)22-9-7-21(30)8-10-22)40-19-27(36)33-14-12-32(13-15-33)26(35)18-37-3/h6-11,16-17H,12-15,18-19H2,1-5H3. The fraction of sp³-hybridized carbons (Fsp3) is 0.414. The van der Waals surface area contributed by atoms with Crippen LogP contribution >= 0.6 is 11.8 Å². The van der Waals surface area contributed by atoms with Crippen LogP contribution < -0.4 is 9.47 Å². The minimum Gasteiger partial charge on any atom is -0.493 e. The number of thioether (sulfide) groups is 1. The molecule has 0 spiro atoms. The Kier molecular flexibility index (Phi) is 9.36. The lowest BCUT2D eigenvalue weighted by Crippen LogP contribution is -2.51. The highest BCUT2D eigenvalue weighted by Gasteiger charge is 2.31. The molecule has 1 fully saturated rings. The SMILES string of the molecule is COCC(=O)N1CCN(C(=O)CSc2ncc(C(C)(C)c3ccc(OC)c(OC)c3)n2-c2ccc(F)cc2)CC1. The molecule has 9 nitrogen and oxygen atoms in total. The summed E-state index contributed by atoms with van der Waals surface area (Å²) in [6.07, 6.45) is 1.80. The highest BCUT2D eigenvalue weighted by molar-refractivity contribution is 7.99. The van der Waals surface area contributed by atoms with Crippen LogP contribution in [0.3, 0.4) is 0 Å². The van der Waals surface area contributed by atoms with Crippen molar-refractivity contribution >= 4 is 23.6 Å². The Balaban J connectivity index is 1.58. The molecule has 0 radical (unpaired) electrons. The van der Waals surface area contributed by atoms with Crippen molar-refractivity contribution in [1.29, 1.82) is 0 Å². The Hall–Kier alpha value is -3.57. The first-order valence-electron chi connectivity index (χ1n) is 12.9. The van der Waals surface area contributed by atoms with Crippen molar-refractivity contribution < 1.29 is 28.2 Å². The van der Waals surface area contributed by atoms with Gasteiger partial charge >= 0.3 is 0 Å². The molecule has 1 aromatic heterocycles. The van der Waals surface area contributed by atoms with E-state index in [1.54, 1.807) is 42.3 Å². The van der Waals surface area contributed by atoms with Crippen molar-refractivity contribution in [2.45, 2.75) is 24.4 Å². The van der Waals surface area contributed by atoms with Crippen LogP contribution in [0.15, 0.2) is 53.8 Å². The molecule has 214 valence electrons. The fourth-order valence-electron chi connectivity index (χ4n) is 4.73. The second-order valence-corrected chi connectivity index (χ2v) is 10.9. The predicted octanol–water partition coefficient (Wildman–Crippen LogP) is 3.76. The van der Waals surface area contributed by atoms with Crippen LogP contribution in [0.5, 0.6) is 11.5 Å². The Bertz CT molecular complexity index is 1340. The highest BCUT2D eigenvalue weighted by atomic mass is 32.2. The summed E-state index contributed by atoms with van der Waals surface area (Å²) in [5.41, 5.74) is 2.05. The Morgan fingerprint density at radius 2 is 1.55 bits per heavy atom. The molecule has 2 aromatic carbocycles. The van der Waals surface area contributed by atoms with Crippen LogP contribution in [0, 0.1) is 5.82 Å². The average molecular weight is 571 g/mol. The van der Waals surface area contributed by atoms with Gasteiger partial charge in [0, 0.05) is 44.4 Å². The van der Waals surface area contributed by atoms with Gasteiger partial charge in [-0.1, -0.05) is 31.7 Å². The van der Waals surface area contributed by atoms with Gasteiger partial charge < -0.3 is 24.0 Å². The van der Waals surface area contributed by atoms with Crippen LogP contribution in [-0.4, -0.2) is 91.0 Å². The lowest BCUT2D eigenvalue weighted by molar-refractivity contribution is -0.140. The third-order valence-corrected chi connectivity index (χ3v) is 8.07. The summed E-state index contributed by atoms with van der Waals surface area (Å²) < 4.78 is 31.7. The molecule has 4 rings (SSSR count). The number of methoxy groups -OCH3 is 3. The molecule has 0 N–H and O–H groups in total. The summed E-state index contributed by atoms with van der Waals surface area (Å²) in [7, 11) is 4.68. The molecule has 0 unspecified atom stereocenters. The molecule has 1 aliphatic heterocycles. The van der Waals surface area contributed by atoms with Crippen LogP contribution in [-0.2, 0) is 19.7 Å². The molecule has 3 aromatic rings. The van der Waals surface area contributed by atoms with E-state index in [-0.39, 0.29) is 30.0 Å².